The van der Waals surface area contributed by atoms with E-state index in [0.717, 1.165) is 0 Å². The quantitative estimate of drug-likeness (QED) is 0.102. The first-order valence-corrected chi connectivity index (χ1v) is 13.6. The molecule has 0 aromatic heterocycles. The van der Waals surface area contributed by atoms with Crippen molar-refractivity contribution in [1.29, 1.82) is 0 Å². The normalized spacial score (nSPS) is 14.4. The highest BCUT2D eigenvalue weighted by molar-refractivity contribution is 7.98. The van der Waals surface area contributed by atoms with Gasteiger partial charge in [-0.1, -0.05) is 0 Å². The fraction of sp³-hybridized carbons (Fsp3) is 0.750. The van der Waals surface area contributed by atoms with Crippen LogP contribution in [0.1, 0.15) is 38.5 Å². The van der Waals surface area contributed by atoms with Crippen LogP contribution in [-0.4, -0.2) is 94.6 Å². The van der Waals surface area contributed by atoms with Crippen molar-refractivity contribution in [3.8, 4) is 0 Å². The van der Waals surface area contributed by atoms with Crippen LogP contribution in [0.2, 0.25) is 0 Å². The lowest BCUT2D eigenvalue weighted by Crippen LogP contribution is -2.57. The third-order valence-electron chi connectivity index (χ3n) is 4.79. The molecule has 3 amide bonds. The maximum atomic E-state index is 12.8. The molecule has 0 aromatic carbocycles. The van der Waals surface area contributed by atoms with Gasteiger partial charge in [0, 0.05) is 0 Å². The molecule has 12 nitrogen and oxygen atoms in total. The molecule has 4 unspecified atom stereocenters. The standard InChI is InChI=1S/C20H37N5O7S2/c1-33-9-6-12(22)17(28)25-15(11-16(26)27)19(30)23-13(7-10-34-2)18(29)24-14(20(31)32)5-3-4-8-21/h12-15H,3-11,21-22H2,1-2H3,(H,23,30)(H,24,29)(H,25,28)(H,26,27)(H,31,32). The molecule has 0 fully saturated rings. The summed E-state index contributed by atoms with van der Waals surface area (Å²) in [5.74, 6) is -3.71. The Bertz CT molecular complexity index is 684. The van der Waals surface area contributed by atoms with E-state index in [1.807, 2.05) is 6.26 Å². The van der Waals surface area contributed by atoms with Crippen molar-refractivity contribution in [1.82, 2.24) is 16.0 Å². The van der Waals surface area contributed by atoms with Crippen molar-refractivity contribution in [2.45, 2.75) is 62.7 Å². The monoisotopic (exact) mass is 523 g/mol. The number of amides is 3. The summed E-state index contributed by atoms with van der Waals surface area (Å²) in [7, 11) is 0. The summed E-state index contributed by atoms with van der Waals surface area (Å²) in [6.45, 7) is 0.393. The fourth-order valence-corrected chi connectivity index (χ4v) is 3.80. The van der Waals surface area contributed by atoms with Crippen molar-refractivity contribution < 1.29 is 34.2 Å². The van der Waals surface area contributed by atoms with Crippen molar-refractivity contribution >= 4 is 53.2 Å². The minimum absolute atomic E-state index is 0.174. The first kappa shape index (κ1) is 32.0. The van der Waals surface area contributed by atoms with E-state index in [4.69, 9.17) is 11.5 Å². The van der Waals surface area contributed by atoms with Gasteiger partial charge in [0.05, 0.1) is 12.5 Å². The lowest BCUT2D eigenvalue weighted by molar-refractivity contribution is -0.143. The van der Waals surface area contributed by atoms with Gasteiger partial charge in [-0.05, 0) is 62.7 Å². The van der Waals surface area contributed by atoms with Crippen LogP contribution in [0.3, 0.4) is 0 Å². The topological polar surface area (TPSA) is 214 Å². The predicted molar refractivity (Wildman–Crippen MR) is 133 cm³/mol. The molecule has 0 aliphatic heterocycles. The number of hydrogen-bond donors (Lipinski definition) is 7. The van der Waals surface area contributed by atoms with E-state index < -0.39 is 60.2 Å². The highest BCUT2D eigenvalue weighted by atomic mass is 32.2. The molecular formula is C20H37N5O7S2. The van der Waals surface area contributed by atoms with Gasteiger partial charge in [-0.15, -0.1) is 0 Å². The minimum atomic E-state index is -1.45. The number of nitrogens with one attached hydrogen (secondary N) is 3. The Kier molecular flexibility index (Phi) is 17.2. The molecule has 4 atom stereocenters. The van der Waals surface area contributed by atoms with Gasteiger partial charge in [-0.2, -0.15) is 23.5 Å². The lowest BCUT2D eigenvalue weighted by Gasteiger charge is -2.24. The molecule has 14 heteroatoms. The zero-order valence-corrected chi connectivity index (χ0v) is 21.2. The van der Waals surface area contributed by atoms with Crippen LogP contribution in [-0.2, 0) is 24.0 Å². The number of unbranched alkanes of at least 4 members (excludes halogenated alkanes) is 1. The van der Waals surface area contributed by atoms with Gasteiger partial charge in [0.25, 0.3) is 0 Å². The zero-order chi connectivity index (χ0) is 26.1. The summed E-state index contributed by atoms with van der Waals surface area (Å²) in [5.41, 5.74) is 11.2. The number of nitrogens with two attached hydrogens (primary N) is 2. The van der Waals surface area contributed by atoms with Crippen LogP contribution in [0, 0.1) is 0 Å². The van der Waals surface area contributed by atoms with Gasteiger partial charge >= 0.3 is 11.9 Å². The second kappa shape index (κ2) is 18.3. The Morgan fingerprint density at radius 1 is 0.765 bits per heavy atom. The molecule has 0 rings (SSSR count). The molecule has 34 heavy (non-hydrogen) atoms. The number of carbonyl (C=O) groups excluding carboxylic acids is 3. The smallest absolute Gasteiger partial charge is 0.326 e. The Labute approximate surface area is 208 Å². The molecule has 0 saturated heterocycles. The number of carboxylic acid groups (broad SMARTS) is 2. The zero-order valence-electron chi connectivity index (χ0n) is 19.6. The van der Waals surface area contributed by atoms with Crippen molar-refractivity contribution in [3.63, 3.8) is 0 Å². The van der Waals surface area contributed by atoms with E-state index in [0.29, 0.717) is 37.3 Å². The Morgan fingerprint density at radius 3 is 1.82 bits per heavy atom. The molecular weight excluding hydrogens is 486 g/mol. The molecule has 0 spiro atoms. The van der Waals surface area contributed by atoms with Crippen LogP contribution in [0.25, 0.3) is 0 Å². The summed E-state index contributed by atoms with van der Waals surface area (Å²) < 4.78 is 0. The first-order chi connectivity index (χ1) is 16.1. The predicted octanol–water partition coefficient (Wildman–Crippen LogP) is -1.04. The summed E-state index contributed by atoms with van der Waals surface area (Å²) >= 11 is 2.90. The number of carbonyl (C=O) groups is 5. The number of rotatable bonds is 19. The van der Waals surface area contributed by atoms with Crippen LogP contribution < -0.4 is 27.4 Å². The third kappa shape index (κ3) is 13.6. The average molecular weight is 524 g/mol. The molecule has 0 heterocycles. The molecule has 0 aliphatic carbocycles. The number of hydrogen-bond acceptors (Lipinski definition) is 9. The molecule has 0 aliphatic rings. The molecule has 0 radical (unpaired) electrons. The Hall–Kier alpha value is -2.03. The van der Waals surface area contributed by atoms with E-state index >= 15 is 0 Å². The van der Waals surface area contributed by atoms with E-state index in [1.54, 1.807) is 6.26 Å². The van der Waals surface area contributed by atoms with Crippen LogP contribution in [0.4, 0.5) is 0 Å². The Morgan fingerprint density at radius 2 is 1.29 bits per heavy atom. The van der Waals surface area contributed by atoms with Crippen LogP contribution >= 0.6 is 23.5 Å². The van der Waals surface area contributed by atoms with Gasteiger partial charge in [0.15, 0.2) is 0 Å². The largest absolute Gasteiger partial charge is 0.481 e. The van der Waals surface area contributed by atoms with Gasteiger partial charge in [-0.25, -0.2) is 4.79 Å². The number of thioether (sulfide) groups is 2. The lowest BCUT2D eigenvalue weighted by atomic mass is 10.1. The van der Waals surface area contributed by atoms with Crippen LogP contribution in [0.5, 0.6) is 0 Å². The molecule has 196 valence electrons. The minimum Gasteiger partial charge on any atom is -0.481 e. The molecule has 9 N–H and O–H groups in total. The summed E-state index contributed by atoms with van der Waals surface area (Å²) in [6, 6.07) is -4.64. The van der Waals surface area contributed by atoms with Gasteiger partial charge < -0.3 is 37.6 Å². The van der Waals surface area contributed by atoms with E-state index in [-0.39, 0.29) is 12.8 Å². The second-order valence-corrected chi connectivity index (χ2v) is 9.54. The third-order valence-corrected chi connectivity index (χ3v) is 6.07. The van der Waals surface area contributed by atoms with E-state index in [2.05, 4.69) is 16.0 Å². The van der Waals surface area contributed by atoms with Crippen molar-refractivity contribution in [2.24, 2.45) is 11.5 Å². The van der Waals surface area contributed by atoms with Crippen molar-refractivity contribution in [2.75, 3.05) is 30.6 Å². The molecule has 0 aromatic rings. The second-order valence-electron chi connectivity index (χ2n) is 7.57. The summed E-state index contributed by atoms with van der Waals surface area (Å²) in [6.07, 6.45) is 4.72. The summed E-state index contributed by atoms with van der Waals surface area (Å²) in [5, 5.41) is 25.8. The molecule has 0 bridgehead atoms. The average Bonchev–Trinajstić information content (AvgIpc) is 2.78. The maximum Gasteiger partial charge on any atom is 0.326 e. The molecule has 0 saturated carbocycles. The number of carboxylic acids is 2. The highest BCUT2D eigenvalue weighted by Crippen LogP contribution is 2.07. The maximum absolute atomic E-state index is 12.8. The van der Waals surface area contributed by atoms with E-state index in [1.165, 1.54) is 23.5 Å². The Balaban J connectivity index is 5.38. The van der Waals surface area contributed by atoms with Gasteiger partial charge in [0.2, 0.25) is 17.7 Å². The highest BCUT2D eigenvalue weighted by Gasteiger charge is 2.31. The van der Waals surface area contributed by atoms with Crippen molar-refractivity contribution in [3.05, 3.63) is 0 Å². The van der Waals surface area contributed by atoms with Crippen LogP contribution in [0.15, 0.2) is 0 Å². The van der Waals surface area contributed by atoms with E-state index in [9.17, 15) is 34.2 Å². The number of aliphatic carboxylic acids is 2. The van der Waals surface area contributed by atoms with Gasteiger partial charge in [0.1, 0.15) is 18.1 Å². The SMILES string of the molecule is CSCCC(N)C(=O)NC(CC(=O)O)C(=O)NC(CCSC)C(=O)NC(CCCCN)C(=O)O. The fourth-order valence-electron chi connectivity index (χ4n) is 2.84. The summed E-state index contributed by atoms with van der Waals surface area (Å²) in [4.78, 5) is 60.7. The van der Waals surface area contributed by atoms with Gasteiger partial charge in [-0.3, -0.25) is 19.2 Å². The first-order valence-electron chi connectivity index (χ1n) is 10.9.